The first-order chi connectivity index (χ1) is 21.1. The van der Waals surface area contributed by atoms with Crippen LogP contribution in [-0.4, -0.2) is 69.1 Å². The first-order valence-electron chi connectivity index (χ1n) is 15.9. The summed E-state index contributed by atoms with van der Waals surface area (Å²) in [5.74, 6) is -1.92. The maximum absolute atomic E-state index is 15.0. The number of esters is 1. The van der Waals surface area contributed by atoms with Crippen LogP contribution in [0.25, 0.3) is 10.8 Å². The number of unbranched alkanes of at least 4 members (excludes halogenated alkanes) is 2. The number of amides is 2. The second-order valence-corrected chi connectivity index (χ2v) is 15.1. The highest BCUT2D eigenvalue weighted by Gasteiger charge is 2.78. The van der Waals surface area contributed by atoms with E-state index in [0.717, 1.165) is 35.7 Å². The van der Waals surface area contributed by atoms with E-state index < -0.39 is 33.4 Å². The molecule has 0 saturated carbocycles. The molecule has 2 bridgehead atoms. The number of benzene rings is 2. The number of ether oxygens (including phenoxy) is 1. The topological polar surface area (TPSA) is 87.1 Å². The SMILES string of the molecule is C=CCCCCOC(=O)[C@@H]1[C@H]2C(=O)N([C@@H](CO)CC(C)C)C(C(=O)N(CC=C)c3ccc4ccccc4c3)C23CC[C@@]1(C)S3. The summed E-state index contributed by atoms with van der Waals surface area (Å²) >= 11 is 1.63. The van der Waals surface area contributed by atoms with E-state index in [1.807, 2.05) is 62.4 Å². The molecule has 2 aromatic rings. The number of carbonyl (C=O) groups excluding carboxylic acids is 3. The van der Waals surface area contributed by atoms with E-state index >= 15 is 0 Å². The van der Waals surface area contributed by atoms with E-state index in [-0.39, 0.29) is 36.9 Å². The molecule has 0 radical (unpaired) electrons. The highest BCUT2D eigenvalue weighted by Crippen LogP contribution is 2.72. The molecule has 2 amide bonds. The number of rotatable bonds is 14. The summed E-state index contributed by atoms with van der Waals surface area (Å²) in [6, 6.07) is 12.6. The summed E-state index contributed by atoms with van der Waals surface area (Å²) in [5, 5.41) is 12.7. The van der Waals surface area contributed by atoms with Crippen LogP contribution in [0.3, 0.4) is 0 Å². The second kappa shape index (κ2) is 13.1. The van der Waals surface area contributed by atoms with Crippen LogP contribution in [-0.2, 0) is 19.1 Å². The van der Waals surface area contributed by atoms with Crippen LogP contribution >= 0.6 is 11.8 Å². The van der Waals surface area contributed by atoms with Gasteiger partial charge in [-0.1, -0.05) is 56.3 Å². The molecule has 1 spiro atoms. The Morgan fingerprint density at radius 1 is 1.14 bits per heavy atom. The maximum Gasteiger partial charge on any atom is 0.311 e. The molecule has 0 aliphatic carbocycles. The Labute approximate surface area is 265 Å². The first kappa shape index (κ1) is 32.3. The van der Waals surface area contributed by atoms with Gasteiger partial charge in [0.15, 0.2) is 0 Å². The Morgan fingerprint density at radius 3 is 2.57 bits per heavy atom. The predicted octanol–water partition coefficient (Wildman–Crippen LogP) is 6.15. The maximum atomic E-state index is 15.0. The molecule has 2 aromatic carbocycles. The molecule has 7 nitrogen and oxygen atoms in total. The van der Waals surface area contributed by atoms with E-state index in [1.165, 1.54) is 0 Å². The number of hydrogen-bond acceptors (Lipinski definition) is 6. The summed E-state index contributed by atoms with van der Waals surface area (Å²) in [6.45, 7) is 14.1. The fourth-order valence-electron chi connectivity index (χ4n) is 7.81. The molecule has 236 valence electrons. The predicted molar refractivity (Wildman–Crippen MR) is 177 cm³/mol. The smallest absolute Gasteiger partial charge is 0.311 e. The minimum absolute atomic E-state index is 0.191. The van der Waals surface area contributed by atoms with Crippen LogP contribution in [0.2, 0.25) is 0 Å². The molecule has 1 N–H and O–H groups in total. The zero-order valence-corrected chi connectivity index (χ0v) is 27.1. The average Bonchev–Trinajstić information content (AvgIpc) is 3.58. The van der Waals surface area contributed by atoms with Gasteiger partial charge in [0.2, 0.25) is 5.91 Å². The molecular formula is C36H46N2O5S. The molecule has 3 heterocycles. The van der Waals surface area contributed by atoms with Crippen molar-refractivity contribution in [1.29, 1.82) is 0 Å². The van der Waals surface area contributed by atoms with Gasteiger partial charge in [0, 0.05) is 17.0 Å². The Morgan fingerprint density at radius 2 is 1.89 bits per heavy atom. The van der Waals surface area contributed by atoms with Gasteiger partial charge in [-0.15, -0.1) is 24.9 Å². The van der Waals surface area contributed by atoms with Gasteiger partial charge in [0.1, 0.15) is 6.04 Å². The molecule has 2 unspecified atom stereocenters. The lowest BCUT2D eigenvalue weighted by Gasteiger charge is -2.40. The molecule has 3 saturated heterocycles. The molecule has 3 aliphatic heterocycles. The number of hydrogen-bond donors (Lipinski definition) is 1. The van der Waals surface area contributed by atoms with E-state index in [2.05, 4.69) is 20.1 Å². The number of thioether (sulfide) groups is 1. The van der Waals surface area contributed by atoms with Crippen LogP contribution in [0.1, 0.15) is 59.3 Å². The zero-order chi connectivity index (χ0) is 31.6. The van der Waals surface area contributed by atoms with Crippen molar-refractivity contribution in [2.45, 2.75) is 80.9 Å². The average molecular weight is 619 g/mol. The van der Waals surface area contributed by atoms with E-state index in [1.54, 1.807) is 27.6 Å². The van der Waals surface area contributed by atoms with Gasteiger partial charge in [0.25, 0.3) is 5.91 Å². The molecule has 44 heavy (non-hydrogen) atoms. The third-order valence-electron chi connectivity index (χ3n) is 9.72. The van der Waals surface area contributed by atoms with E-state index in [0.29, 0.717) is 25.9 Å². The van der Waals surface area contributed by atoms with Crippen LogP contribution < -0.4 is 4.90 Å². The molecule has 3 aliphatic rings. The van der Waals surface area contributed by atoms with Gasteiger partial charge >= 0.3 is 5.97 Å². The molecule has 8 heteroatoms. The molecule has 3 fully saturated rings. The highest BCUT2D eigenvalue weighted by atomic mass is 32.2. The third-order valence-corrected chi connectivity index (χ3v) is 11.7. The normalized spacial score (nSPS) is 27.9. The van der Waals surface area contributed by atoms with Gasteiger partial charge in [-0.3, -0.25) is 14.4 Å². The van der Waals surface area contributed by atoms with Crippen molar-refractivity contribution in [2.75, 3.05) is 24.7 Å². The Kier molecular flexibility index (Phi) is 9.61. The van der Waals surface area contributed by atoms with Crippen molar-refractivity contribution >= 4 is 46.0 Å². The van der Waals surface area contributed by atoms with Gasteiger partial charge in [-0.25, -0.2) is 0 Å². The van der Waals surface area contributed by atoms with Crippen molar-refractivity contribution in [3.8, 4) is 0 Å². The van der Waals surface area contributed by atoms with Crippen molar-refractivity contribution in [1.82, 2.24) is 4.90 Å². The van der Waals surface area contributed by atoms with Crippen LogP contribution in [0.15, 0.2) is 67.8 Å². The number of fused-ring (bicyclic) bond motifs is 2. The zero-order valence-electron chi connectivity index (χ0n) is 26.2. The van der Waals surface area contributed by atoms with Crippen LogP contribution in [0.5, 0.6) is 0 Å². The fraction of sp³-hybridized carbons (Fsp3) is 0.528. The van der Waals surface area contributed by atoms with Crippen LogP contribution in [0, 0.1) is 17.8 Å². The molecule has 5 rings (SSSR count). The van der Waals surface area contributed by atoms with Crippen LogP contribution in [0.4, 0.5) is 5.69 Å². The quantitative estimate of drug-likeness (QED) is 0.155. The fourth-order valence-corrected chi connectivity index (χ4v) is 10.1. The molecular weight excluding hydrogens is 572 g/mol. The van der Waals surface area contributed by atoms with Gasteiger partial charge in [0.05, 0.1) is 35.8 Å². The summed E-state index contributed by atoms with van der Waals surface area (Å²) < 4.78 is 4.50. The number of carbonyl (C=O) groups is 3. The summed E-state index contributed by atoms with van der Waals surface area (Å²) in [5.41, 5.74) is 0.726. The first-order valence-corrected chi connectivity index (χ1v) is 16.7. The lowest BCUT2D eigenvalue weighted by atomic mass is 9.66. The number of aliphatic hydroxyl groups excluding tert-OH is 1. The van der Waals surface area contributed by atoms with Gasteiger partial charge < -0.3 is 19.6 Å². The Hall–Kier alpha value is -3.10. The van der Waals surface area contributed by atoms with E-state index in [9.17, 15) is 19.5 Å². The summed E-state index contributed by atoms with van der Waals surface area (Å²) in [4.78, 5) is 46.7. The van der Waals surface area contributed by atoms with Crippen molar-refractivity contribution in [2.24, 2.45) is 17.8 Å². The van der Waals surface area contributed by atoms with Gasteiger partial charge in [-0.05, 0) is 74.3 Å². The summed E-state index contributed by atoms with van der Waals surface area (Å²) in [7, 11) is 0. The lowest BCUT2D eigenvalue weighted by Crippen LogP contribution is -2.57. The number of likely N-dealkylation sites (tertiary alicyclic amines) is 1. The molecule has 6 atom stereocenters. The number of aliphatic hydroxyl groups is 1. The number of anilines is 1. The van der Waals surface area contributed by atoms with Crippen molar-refractivity contribution in [3.63, 3.8) is 0 Å². The second-order valence-electron chi connectivity index (χ2n) is 13.2. The minimum Gasteiger partial charge on any atom is -0.465 e. The standard InChI is InChI=1S/C36H46N2O5S/c1-6-8-9-12-20-43-34(42)30-29-32(40)38(28(23-39)21-24(3)4)31(36(29)18-17-35(30,5)44-36)33(41)37(19-7-2)27-16-15-25-13-10-11-14-26(25)22-27/h6-7,10-11,13-16,22,24,28-31,39H,1-2,8-9,12,17-21,23H2,3-5H3/t28-,29+,30+,31?,35-,36?/m1/s1. The molecule has 0 aromatic heterocycles. The highest BCUT2D eigenvalue weighted by molar-refractivity contribution is 8.02. The number of nitrogens with zero attached hydrogens (tertiary/aromatic N) is 2. The Balaban J connectivity index is 1.56. The largest absolute Gasteiger partial charge is 0.465 e. The van der Waals surface area contributed by atoms with E-state index in [4.69, 9.17) is 4.74 Å². The third kappa shape index (κ3) is 5.60. The van der Waals surface area contributed by atoms with Gasteiger partial charge in [-0.2, -0.15) is 0 Å². The summed E-state index contributed by atoms with van der Waals surface area (Å²) in [6.07, 6.45) is 7.92. The number of allylic oxidation sites excluding steroid dienone is 1. The Bertz CT molecular complexity index is 1430. The minimum atomic E-state index is -0.834. The lowest BCUT2D eigenvalue weighted by molar-refractivity contribution is -0.156. The monoisotopic (exact) mass is 618 g/mol. The van der Waals surface area contributed by atoms with Crippen molar-refractivity contribution in [3.05, 3.63) is 67.8 Å². The van der Waals surface area contributed by atoms with Crippen molar-refractivity contribution < 1.29 is 24.2 Å².